The first-order chi connectivity index (χ1) is 8.27. The molecule has 0 spiro atoms. The van der Waals surface area contributed by atoms with Gasteiger partial charge in [0.1, 0.15) is 15.8 Å². The first kappa shape index (κ1) is 11.1. The molecule has 1 aliphatic rings. The monoisotopic (exact) mass is 345 g/mol. The van der Waals surface area contributed by atoms with Crippen molar-refractivity contribution in [2.75, 3.05) is 18.9 Å². The van der Waals surface area contributed by atoms with Crippen LogP contribution in [0.25, 0.3) is 11.0 Å². The Hall–Kier alpha value is -0.960. The van der Waals surface area contributed by atoms with Gasteiger partial charge in [0.25, 0.3) is 0 Å². The van der Waals surface area contributed by atoms with Crippen LogP contribution in [0.3, 0.4) is 0 Å². The lowest BCUT2D eigenvalue weighted by atomic mass is 10.1. The molecule has 7 heteroatoms. The van der Waals surface area contributed by atoms with Crippen molar-refractivity contribution in [2.24, 2.45) is 0 Å². The van der Waals surface area contributed by atoms with Crippen molar-refractivity contribution in [3.8, 4) is 0 Å². The second-order valence-corrected chi connectivity index (χ2v) is 5.06. The number of hydrogen-bond acceptors (Lipinski definition) is 5. The molecule has 1 saturated heterocycles. The first-order valence-electron chi connectivity index (χ1n) is 5.49. The van der Waals surface area contributed by atoms with Crippen LogP contribution in [0.15, 0.2) is 6.33 Å². The highest BCUT2D eigenvalue weighted by Crippen LogP contribution is 2.28. The molecule has 1 fully saturated rings. The maximum absolute atomic E-state index is 5.87. The van der Waals surface area contributed by atoms with Crippen LogP contribution in [-0.2, 0) is 4.74 Å². The molecule has 6 nitrogen and oxygen atoms in total. The van der Waals surface area contributed by atoms with Gasteiger partial charge in [-0.3, -0.25) is 0 Å². The fraction of sp³-hybridized carbons (Fsp3) is 0.500. The number of aromatic nitrogens is 4. The molecule has 0 amide bonds. The molecule has 0 aliphatic carbocycles. The number of halogens is 1. The normalized spacial score (nSPS) is 17.7. The molecular weight excluding hydrogens is 333 g/mol. The summed E-state index contributed by atoms with van der Waals surface area (Å²) in [4.78, 5) is 8.31. The van der Waals surface area contributed by atoms with Gasteiger partial charge < -0.3 is 10.5 Å². The van der Waals surface area contributed by atoms with E-state index in [1.54, 1.807) is 0 Å². The Morgan fingerprint density at radius 1 is 1.35 bits per heavy atom. The SMILES string of the molecule is Nc1ncnc2c1c(I)nn2C1CCOCC1. The van der Waals surface area contributed by atoms with E-state index in [2.05, 4.69) is 37.7 Å². The van der Waals surface area contributed by atoms with E-state index in [1.807, 2.05) is 4.68 Å². The van der Waals surface area contributed by atoms with Crippen molar-refractivity contribution < 1.29 is 4.74 Å². The van der Waals surface area contributed by atoms with Crippen LogP contribution in [0.2, 0.25) is 0 Å². The van der Waals surface area contributed by atoms with E-state index < -0.39 is 0 Å². The van der Waals surface area contributed by atoms with Crippen LogP contribution in [-0.4, -0.2) is 33.0 Å². The highest BCUT2D eigenvalue weighted by molar-refractivity contribution is 14.1. The summed E-state index contributed by atoms with van der Waals surface area (Å²) in [6.07, 6.45) is 3.43. The Morgan fingerprint density at radius 2 is 2.12 bits per heavy atom. The van der Waals surface area contributed by atoms with Crippen LogP contribution in [0.1, 0.15) is 18.9 Å². The Kier molecular flexibility index (Phi) is 2.87. The smallest absolute Gasteiger partial charge is 0.164 e. The summed E-state index contributed by atoms with van der Waals surface area (Å²) in [6.45, 7) is 1.56. The summed E-state index contributed by atoms with van der Waals surface area (Å²) < 4.78 is 8.20. The second kappa shape index (κ2) is 4.37. The molecule has 2 aromatic heterocycles. The van der Waals surface area contributed by atoms with Gasteiger partial charge in [-0.15, -0.1) is 0 Å². The van der Waals surface area contributed by atoms with Crippen LogP contribution >= 0.6 is 22.6 Å². The minimum atomic E-state index is 0.351. The second-order valence-electron chi connectivity index (χ2n) is 4.04. The van der Waals surface area contributed by atoms with E-state index in [1.165, 1.54) is 6.33 Å². The van der Waals surface area contributed by atoms with E-state index in [0.717, 1.165) is 40.8 Å². The van der Waals surface area contributed by atoms with E-state index in [-0.39, 0.29) is 0 Å². The van der Waals surface area contributed by atoms with Gasteiger partial charge in [0.15, 0.2) is 5.65 Å². The van der Waals surface area contributed by atoms with E-state index in [0.29, 0.717) is 11.9 Å². The predicted molar refractivity (Wildman–Crippen MR) is 71.5 cm³/mol. The molecule has 3 rings (SSSR count). The van der Waals surface area contributed by atoms with Crippen molar-refractivity contribution in [3.63, 3.8) is 0 Å². The van der Waals surface area contributed by atoms with Gasteiger partial charge in [-0.1, -0.05) is 0 Å². The zero-order chi connectivity index (χ0) is 11.8. The molecule has 2 aromatic rings. The molecule has 0 aromatic carbocycles. The van der Waals surface area contributed by atoms with Crippen molar-refractivity contribution >= 4 is 39.4 Å². The number of rotatable bonds is 1. The lowest BCUT2D eigenvalue weighted by Gasteiger charge is -2.22. The number of anilines is 1. The number of nitrogens with zero attached hydrogens (tertiary/aromatic N) is 4. The first-order valence-corrected chi connectivity index (χ1v) is 6.57. The van der Waals surface area contributed by atoms with Crippen molar-refractivity contribution in [1.29, 1.82) is 0 Å². The Labute approximate surface area is 112 Å². The van der Waals surface area contributed by atoms with Crippen LogP contribution < -0.4 is 5.73 Å². The molecule has 90 valence electrons. The number of ether oxygens (including phenoxy) is 1. The molecule has 0 unspecified atom stereocenters. The van der Waals surface area contributed by atoms with Crippen LogP contribution in [0.5, 0.6) is 0 Å². The third kappa shape index (κ3) is 1.86. The summed E-state index contributed by atoms with van der Waals surface area (Å²) in [5.74, 6) is 0.498. The van der Waals surface area contributed by atoms with Crippen molar-refractivity contribution in [1.82, 2.24) is 19.7 Å². The fourth-order valence-corrected chi connectivity index (χ4v) is 2.89. The van der Waals surface area contributed by atoms with Gasteiger partial charge in [0, 0.05) is 13.2 Å². The van der Waals surface area contributed by atoms with Crippen molar-refractivity contribution in [2.45, 2.75) is 18.9 Å². The molecule has 0 saturated carbocycles. The Bertz CT molecular complexity index is 549. The quantitative estimate of drug-likeness (QED) is 0.790. The number of nitrogen functional groups attached to an aromatic ring is 1. The minimum absolute atomic E-state index is 0.351. The molecule has 0 bridgehead atoms. The van der Waals surface area contributed by atoms with Gasteiger partial charge in [0.2, 0.25) is 0 Å². The van der Waals surface area contributed by atoms with Gasteiger partial charge in [-0.05, 0) is 35.4 Å². The number of nitrogens with two attached hydrogens (primary N) is 1. The maximum Gasteiger partial charge on any atom is 0.164 e. The highest BCUT2D eigenvalue weighted by atomic mass is 127. The van der Waals surface area contributed by atoms with Gasteiger partial charge in [-0.25, -0.2) is 14.6 Å². The zero-order valence-electron chi connectivity index (χ0n) is 9.14. The lowest BCUT2D eigenvalue weighted by molar-refractivity contribution is 0.0672. The fourth-order valence-electron chi connectivity index (χ4n) is 2.14. The standard InChI is InChI=1S/C10H12IN5O/c11-8-7-9(12)13-5-14-10(7)16(15-8)6-1-3-17-4-2-6/h5-6H,1-4H2,(H2,12,13,14). The molecule has 17 heavy (non-hydrogen) atoms. The largest absolute Gasteiger partial charge is 0.383 e. The minimum Gasteiger partial charge on any atom is -0.383 e. The molecule has 0 atom stereocenters. The molecule has 1 aliphatic heterocycles. The summed E-state index contributed by atoms with van der Waals surface area (Å²) in [6, 6.07) is 0.351. The number of fused-ring (bicyclic) bond motifs is 1. The van der Waals surface area contributed by atoms with Gasteiger partial charge in [-0.2, -0.15) is 5.10 Å². The van der Waals surface area contributed by atoms with E-state index in [4.69, 9.17) is 10.5 Å². The highest BCUT2D eigenvalue weighted by Gasteiger charge is 2.22. The molecule has 3 heterocycles. The third-order valence-corrected chi connectivity index (χ3v) is 3.77. The maximum atomic E-state index is 5.87. The van der Waals surface area contributed by atoms with Gasteiger partial charge >= 0.3 is 0 Å². The van der Waals surface area contributed by atoms with Crippen LogP contribution in [0, 0.1) is 3.70 Å². The topological polar surface area (TPSA) is 78.9 Å². The third-order valence-electron chi connectivity index (χ3n) is 3.01. The molecule has 2 N–H and O–H groups in total. The average Bonchev–Trinajstić information content (AvgIpc) is 2.69. The predicted octanol–water partition coefficient (Wildman–Crippen LogP) is 1.36. The molecular formula is C10H12IN5O. The lowest BCUT2D eigenvalue weighted by Crippen LogP contribution is -2.20. The summed E-state index contributed by atoms with van der Waals surface area (Å²) in [5.41, 5.74) is 6.69. The zero-order valence-corrected chi connectivity index (χ0v) is 11.3. The summed E-state index contributed by atoms with van der Waals surface area (Å²) >= 11 is 2.18. The van der Waals surface area contributed by atoms with E-state index in [9.17, 15) is 0 Å². The summed E-state index contributed by atoms with van der Waals surface area (Å²) in [7, 11) is 0. The van der Waals surface area contributed by atoms with E-state index >= 15 is 0 Å². The number of hydrogen-bond donors (Lipinski definition) is 1. The van der Waals surface area contributed by atoms with Gasteiger partial charge in [0.05, 0.1) is 11.4 Å². The average molecular weight is 345 g/mol. The Balaban J connectivity index is 2.13. The summed E-state index contributed by atoms with van der Waals surface area (Å²) in [5, 5.41) is 5.40. The van der Waals surface area contributed by atoms with Crippen molar-refractivity contribution in [3.05, 3.63) is 10.0 Å². The Morgan fingerprint density at radius 3 is 2.88 bits per heavy atom. The van der Waals surface area contributed by atoms with Crippen LogP contribution in [0.4, 0.5) is 5.82 Å². The molecule has 0 radical (unpaired) electrons.